The normalized spacial score (nSPS) is 10.6. The highest BCUT2D eigenvalue weighted by molar-refractivity contribution is 6.31. The Bertz CT molecular complexity index is 779. The Balaban J connectivity index is 1.89. The number of nitrogens with one attached hydrogen (secondary N) is 1. The molecule has 0 unspecified atom stereocenters. The van der Waals surface area contributed by atoms with Crippen molar-refractivity contribution in [2.45, 2.75) is 0 Å². The molecule has 0 aliphatic rings. The molecule has 2 aromatic rings. The van der Waals surface area contributed by atoms with Crippen LogP contribution in [0.2, 0.25) is 10.0 Å². The molecule has 0 aliphatic carbocycles. The van der Waals surface area contributed by atoms with Crippen LogP contribution in [0.15, 0.2) is 47.6 Å². The van der Waals surface area contributed by atoms with Gasteiger partial charge in [-0.05, 0) is 29.8 Å². The molecule has 0 radical (unpaired) electrons. The van der Waals surface area contributed by atoms with Crippen LogP contribution < -0.4 is 10.2 Å². The van der Waals surface area contributed by atoms with Crippen LogP contribution in [0.3, 0.4) is 0 Å². The third-order valence-corrected chi connectivity index (χ3v) is 3.24. The van der Waals surface area contributed by atoms with E-state index in [1.807, 2.05) is 0 Å². The quantitative estimate of drug-likeness (QED) is 0.480. The first kappa shape index (κ1) is 17.7. The minimum atomic E-state index is -0.641. The van der Waals surface area contributed by atoms with Crippen molar-refractivity contribution >= 4 is 41.0 Å². The van der Waals surface area contributed by atoms with Gasteiger partial charge in [0.1, 0.15) is 0 Å². The third-order valence-electron chi connectivity index (χ3n) is 2.75. The van der Waals surface area contributed by atoms with Crippen LogP contribution in [0.25, 0.3) is 0 Å². The topological polar surface area (TPSA) is 93.8 Å². The van der Waals surface area contributed by atoms with Crippen molar-refractivity contribution in [3.63, 3.8) is 0 Å². The molecule has 0 atom stereocenters. The number of hydrogen-bond donors (Lipinski definition) is 1. The first-order valence-corrected chi connectivity index (χ1v) is 7.35. The lowest BCUT2D eigenvalue weighted by Gasteiger charge is -2.05. The van der Waals surface area contributed by atoms with E-state index in [1.54, 1.807) is 24.3 Å². The van der Waals surface area contributed by atoms with Gasteiger partial charge in [-0.25, -0.2) is 5.43 Å². The Morgan fingerprint density at radius 2 is 1.88 bits per heavy atom. The van der Waals surface area contributed by atoms with Gasteiger partial charge in [0.25, 0.3) is 5.91 Å². The van der Waals surface area contributed by atoms with E-state index in [9.17, 15) is 14.9 Å². The number of hydrazone groups is 1. The Kier molecular flexibility index (Phi) is 6.11. The Labute approximate surface area is 147 Å². The van der Waals surface area contributed by atoms with E-state index in [2.05, 4.69) is 10.5 Å². The molecular formula is C15H11Cl2N3O4. The fourth-order valence-corrected chi connectivity index (χ4v) is 1.95. The second kappa shape index (κ2) is 8.28. The molecule has 0 aliphatic heterocycles. The van der Waals surface area contributed by atoms with Gasteiger partial charge in [0.05, 0.1) is 11.1 Å². The van der Waals surface area contributed by atoms with Crippen molar-refractivity contribution in [1.82, 2.24) is 5.43 Å². The molecule has 2 rings (SSSR count). The van der Waals surface area contributed by atoms with Crippen molar-refractivity contribution in [3.8, 4) is 5.75 Å². The van der Waals surface area contributed by atoms with Gasteiger partial charge < -0.3 is 4.74 Å². The van der Waals surface area contributed by atoms with Crippen LogP contribution in [-0.4, -0.2) is 23.7 Å². The van der Waals surface area contributed by atoms with Crippen molar-refractivity contribution in [1.29, 1.82) is 0 Å². The summed E-state index contributed by atoms with van der Waals surface area (Å²) in [6.07, 6.45) is 1.43. The minimum Gasteiger partial charge on any atom is -0.477 e. The standard InChI is InChI=1S/C15H11Cl2N3O4/c16-11-3-1-10(2-4-11)8-18-19-15(21)9-24-14-6-5-12(17)7-13(14)20(22)23/h1-8H,9H2,(H,19,21)/b18-8-. The maximum Gasteiger partial charge on any atom is 0.312 e. The molecule has 0 fully saturated rings. The van der Waals surface area contributed by atoms with Crippen LogP contribution in [0.1, 0.15) is 5.56 Å². The zero-order valence-electron chi connectivity index (χ0n) is 12.1. The summed E-state index contributed by atoms with van der Waals surface area (Å²) in [5, 5.41) is 15.4. The molecule has 0 aromatic heterocycles. The molecule has 0 saturated heterocycles. The summed E-state index contributed by atoms with van der Waals surface area (Å²) in [7, 11) is 0. The summed E-state index contributed by atoms with van der Waals surface area (Å²) >= 11 is 11.4. The average Bonchev–Trinajstić information content (AvgIpc) is 2.55. The van der Waals surface area contributed by atoms with Crippen molar-refractivity contribution in [2.75, 3.05) is 6.61 Å². The Hall–Kier alpha value is -2.64. The molecule has 1 N–H and O–H groups in total. The number of rotatable bonds is 6. The maximum atomic E-state index is 11.6. The third kappa shape index (κ3) is 5.22. The lowest BCUT2D eigenvalue weighted by Crippen LogP contribution is -2.24. The predicted molar refractivity (Wildman–Crippen MR) is 90.8 cm³/mol. The second-order valence-corrected chi connectivity index (χ2v) is 5.38. The van der Waals surface area contributed by atoms with Gasteiger partial charge in [0, 0.05) is 16.1 Å². The van der Waals surface area contributed by atoms with E-state index in [-0.39, 0.29) is 16.5 Å². The highest BCUT2D eigenvalue weighted by atomic mass is 35.5. The summed E-state index contributed by atoms with van der Waals surface area (Å²) in [6.45, 7) is -0.430. The molecule has 124 valence electrons. The molecule has 0 saturated carbocycles. The van der Waals surface area contributed by atoms with Crippen LogP contribution in [0.5, 0.6) is 5.75 Å². The van der Waals surface area contributed by atoms with Gasteiger partial charge >= 0.3 is 5.69 Å². The summed E-state index contributed by atoms with van der Waals surface area (Å²) in [5.41, 5.74) is 2.68. The fourth-order valence-electron chi connectivity index (χ4n) is 1.66. The van der Waals surface area contributed by atoms with E-state index < -0.39 is 17.4 Å². The SMILES string of the molecule is O=C(COc1ccc(Cl)cc1[N+](=O)[O-])N/N=C\c1ccc(Cl)cc1. The van der Waals surface area contributed by atoms with Crippen molar-refractivity contribution in [2.24, 2.45) is 5.10 Å². The molecule has 0 bridgehead atoms. The van der Waals surface area contributed by atoms with Gasteiger partial charge in [-0.1, -0.05) is 35.3 Å². The summed E-state index contributed by atoms with van der Waals surface area (Å²) in [6, 6.07) is 10.7. The number of amides is 1. The number of hydrogen-bond acceptors (Lipinski definition) is 5. The van der Waals surface area contributed by atoms with Gasteiger partial charge in [0.2, 0.25) is 0 Å². The highest BCUT2D eigenvalue weighted by Gasteiger charge is 2.16. The predicted octanol–water partition coefficient (Wildman–Crippen LogP) is 3.43. The molecule has 7 nitrogen and oxygen atoms in total. The smallest absolute Gasteiger partial charge is 0.312 e. The molecular weight excluding hydrogens is 357 g/mol. The first-order chi connectivity index (χ1) is 11.5. The van der Waals surface area contributed by atoms with Crippen LogP contribution in [0, 0.1) is 10.1 Å². The number of ether oxygens (including phenoxy) is 1. The van der Waals surface area contributed by atoms with E-state index >= 15 is 0 Å². The molecule has 0 spiro atoms. The van der Waals surface area contributed by atoms with Gasteiger partial charge in [-0.15, -0.1) is 0 Å². The lowest BCUT2D eigenvalue weighted by molar-refractivity contribution is -0.385. The number of nitro benzene ring substituents is 1. The van der Waals surface area contributed by atoms with Gasteiger partial charge in [-0.2, -0.15) is 5.10 Å². The largest absolute Gasteiger partial charge is 0.477 e. The maximum absolute atomic E-state index is 11.6. The van der Waals surface area contributed by atoms with E-state index in [0.717, 1.165) is 11.6 Å². The zero-order chi connectivity index (χ0) is 17.5. The fraction of sp³-hybridized carbons (Fsp3) is 0.0667. The van der Waals surface area contributed by atoms with Crippen LogP contribution in [-0.2, 0) is 4.79 Å². The second-order valence-electron chi connectivity index (χ2n) is 4.50. The Morgan fingerprint density at radius 3 is 2.54 bits per heavy atom. The van der Waals surface area contributed by atoms with Gasteiger partial charge in [0.15, 0.2) is 12.4 Å². The van der Waals surface area contributed by atoms with Crippen molar-refractivity contribution in [3.05, 3.63) is 68.2 Å². The summed E-state index contributed by atoms with van der Waals surface area (Å²) in [4.78, 5) is 21.9. The molecule has 1 amide bonds. The molecule has 2 aromatic carbocycles. The van der Waals surface area contributed by atoms with Crippen LogP contribution in [0.4, 0.5) is 5.69 Å². The van der Waals surface area contributed by atoms with Gasteiger partial charge in [-0.3, -0.25) is 14.9 Å². The van der Waals surface area contributed by atoms with E-state index in [1.165, 1.54) is 18.3 Å². The summed E-state index contributed by atoms with van der Waals surface area (Å²) < 4.78 is 5.13. The van der Waals surface area contributed by atoms with E-state index in [0.29, 0.717) is 5.02 Å². The molecule has 24 heavy (non-hydrogen) atoms. The van der Waals surface area contributed by atoms with Crippen molar-refractivity contribution < 1.29 is 14.5 Å². The lowest BCUT2D eigenvalue weighted by atomic mass is 10.2. The number of benzene rings is 2. The number of carbonyl (C=O) groups excluding carboxylic acids is 1. The van der Waals surface area contributed by atoms with E-state index in [4.69, 9.17) is 27.9 Å². The zero-order valence-corrected chi connectivity index (χ0v) is 13.6. The number of halogens is 2. The average molecular weight is 368 g/mol. The first-order valence-electron chi connectivity index (χ1n) is 6.60. The molecule has 0 heterocycles. The monoisotopic (exact) mass is 367 g/mol. The molecule has 9 heteroatoms. The number of nitro groups is 1. The Morgan fingerprint density at radius 1 is 1.21 bits per heavy atom. The summed E-state index contributed by atoms with van der Waals surface area (Å²) in [5.74, 6) is -0.620. The number of carbonyl (C=O) groups is 1. The highest BCUT2D eigenvalue weighted by Crippen LogP contribution is 2.29. The minimum absolute atomic E-state index is 0.0544. The van der Waals surface area contributed by atoms with Crippen LogP contribution >= 0.6 is 23.2 Å². The number of nitrogens with zero attached hydrogens (tertiary/aromatic N) is 2.